The molecule has 128 valence electrons. The van der Waals surface area contributed by atoms with Gasteiger partial charge >= 0.3 is 0 Å². The van der Waals surface area contributed by atoms with E-state index in [-0.39, 0.29) is 5.91 Å². The minimum Gasteiger partial charge on any atom is -0.497 e. The summed E-state index contributed by atoms with van der Waals surface area (Å²) >= 11 is 1.39. The zero-order valence-electron chi connectivity index (χ0n) is 13.6. The van der Waals surface area contributed by atoms with Crippen LogP contribution in [-0.2, 0) is 13.2 Å². The molecule has 0 fully saturated rings. The Balaban J connectivity index is 1.51. The lowest BCUT2D eigenvalue weighted by Gasteiger charge is -2.05. The number of methoxy groups -OCH3 is 1. The van der Waals surface area contributed by atoms with E-state index in [9.17, 15) is 4.79 Å². The van der Waals surface area contributed by atoms with Crippen molar-refractivity contribution in [3.05, 3.63) is 70.4 Å². The van der Waals surface area contributed by atoms with Gasteiger partial charge in [-0.25, -0.2) is 4.98 Å². The maximum Gasteiger partial charge on any atom is 0.271 e. The summed E-state index contributed by atoms with van der Waals surface area (Å²) in [6, 6.07) is 12.9. The van der Waals surface area contributed by atoms with E-state index < -0.39 is 0 Å². The van der Waals surface area contributed by atoms with Crippen molar-refractivity contribution in [3.63, 3.8) is 0 Å². The van der Waals surface area contributed by atoms with Crippen molar-refractivity contribution in [1.82, 2.24) is 15.3 Å². The first-order valence-electron chi connectivity index (χ1n) is 7.64. The highest BCUT2D eigenvalue weighted by molar-refractivity contribution is 7.09. The highest BCUT2D eigenvalue weighted by Crippen LogP contribution is 2.19. The number of carbonyl (C=O) groups excluding carboxylic acids is 1. The molecule has 2 aromatic heterocycles. The van der Waals surface area contributed by atoms with E-state index in [0.717, 1.165) is 22.2 Å². The number of ether oxygens (including phenoxy) is 2. The van der Waals surface area contributed by atoms with E-state index in [4.69, 9.17) is 9.47 Å². The van der Waals surface area contributed by atoms with Gasteiger partial charge in [0.05, 0.1) is 19.3 Å². The number of carbonyl (C=O) groups is 1. The summed E-state index contributed by atoms with van der Waals surface area (Å²) in [7, 11) is 1.62. The fraction of sp³-hybridized carbons (Fsp3) is 0.167. The number of hydrogen-bond donors (Lipinski definition) is 1. The van der Waals surface area contributed by atoms with Crippen LogP contribution in [0.3, 0.4) is 0 Å². The van der Waals surface area contributed by atoms with Gasteiger partial charge in [0.15, 0.2) is 0 Å². The van der Waals surface area contributed by atoms with Gasteiger partial charge in [-0.05, 0) is 36.4 Å². The molecule has 0 atom stereocenters. The first kappa shape index (κ1) is 16.9. The molecule has 1 N–H and O–H groups in total. The van der Waals surface area contributed by atoms with Crippen molar-refractivity contribution in [2.45, 2.75) is 13.2 Å². The smallest absolute Gasteiger partial charge is 0.271 e. The molecule has 0 saturated heterocycles. The Morgan fingerprint density at radius 1 is 1.16 bits per heavy atom. The number of benzene rings is 1. The van der Waals surface area contributed by atoms with Gasteiger partial charge in [0.2, 0.25) is 0 Å². The topological polar surface area (TPSA) is 73.3 Å². The molecule has 0 spiro atoms. The second-order valence-corrected chi connectivity index (χ2v) is 6.04. The van der Waals surface area contributed by atoms with E-state index in [1.54, 1.807) is 18.7 Å². The van der Waals surface area contributed by atoms with Crippen LogP contribution >= 0.6 is 11.3 Å². The molecule has 3 aromatic rings. The van der Waals surface area contributed by atoms with E-state index in [1.165, 1.54) is 11.3 Å². The predicted molar refractivity (Wildman–Crippen MR) is 94.8 cm³/mol. The lowest BCUT2D eigenvalue weighted by Crippen LogP contribution is -2.23. The maximum absolute atomic E-state index is 12.1. The Morgan fingerprint density at radius 3 is 2.68 bits per heavy atom. The first-order chi connectivity index (χ1) is 12.2. The second-order valence-electron chi connectivity index (χ2n) is 5.09. The molecule has 0 saturated carbocycles. The van der Waals surface area contributed by atoms with Gasteiger partial charge in [0.1, 0.15) is 28.8 Å². The Kier molecular flexibility index (Phi) is 5.58. The zero-order valence-corrected chi connectivity index (χ0v) is 14.5. The molecule has 6 nitrogen and oxygen atoms in total. The molecule has 0 aliphatic carbocycles. The van der Waals surface area contributed by atoms with Crippen molar-refractivity contribution < 1.29 is 14.3 Å². The van der Waals surface area contributed by atoms with E-state index in [2.05, 4.69) is 15.3 Å². The van der Waals surface area contributed by atoms with Crippen LogP contribution in [0, 0.1) is 0 Å². The summed E-state index contributed by atoms with van der Waals surface area (Å²) in [4.78, 5) is 20.6. The third-order valence-corrected chi connectivity index (χ3v) is 4.18. The molecule has 0 aliphatic rings. The summed E-state index contributed by atoms with van der Waals surface area (Å²) in [5, 5.41) is 5.26. The summed E-state index contributed by atoms with van der Waals surface area (Å²) in [6.45, 7) is 0.680. The third kappa shape index (κ3) is 4.77. The number of hydrogen-bond acceptors (Lipinski definition) is 6. The highest BCUT2D eigenvalue weighted by Gasteiger charge is 2.11. The number of nitrogens with one attached hydrogen (secondary N) is 1. The van der Waals surface area contributed by atoms with Crippen molar-refractivity contribution in [2.75, 3.05) is 7.11 Å². The summed E-state index contributed by atoms with van der Waals surface area (Å²) in [5.41, 5.74) is 1.18. The van der Waals surface area contributed by atoms with Crippen molar-refractivity contribution >= 4 is 17.2 Å². The molecule has 0 unspecified atom stereocenters. The van der Waals surface area contributed by atoms with Crippen LogP contribution in [-0.4, -0.2) is 23.0 Å². The number of amides is 1. The van der Waals surface area contributed by atoms with Crippen LogP contribution < -0.4 is 14.8 Å². The number of nitrogens with zero attached hydrogens (tertiary/aromatic N) is 2. The van der Waals surface area contributed by atoms with Gasteiger partial charge in [0.25, 0.3) is 5.91 Å². The van der Waals surface area contributed by atoms with Gasteiger partial charge in [-0.1, -0.05) is 6.07 Å². The molecule has 0 radical (unpaired) electrons. The van der Waals surface area contributed by atoms with Crippen molar-refractivity contribution in [1.29, 1.82) is 0 Å². The van der Waals surface area contributed by atoms with Crippen molar-refractivity contribution in [2.24, 2.45) is 0 Å². The fourth-order valence-corrected chi connectivity index (χ4v) is 2.75. The predicted octanol–water partition coefficient (Wildman–Crippen LogP) is 3.06. The molecule has 0 aliphatic heterocycles. The number of rotatable bonds is 7. The lowest BCUT2D eigenvalue weighted by atomic mass is 10.3. The average molecular weight is 355 g/mol. The maximum atomic E-state index is 12.1. The quantitative estimate of drug-likeness (QED) is 0.705. The molecular weight excluding hydrogens is 338 g/mol. The monoisotopic (exact) mass is 355 g/mol. The Morgan fingerprint density at radius 2 is 1.96 bits per heavy atom. The molecular formula is C18H17N3O3S. The van der Waals surface area contributed by atoms with Crippen LogP contribution in [0.1, 0.15) is 21.2 Å². The van der Waals surface area contributed by atoms with E-state index in [0.29, 0.717) is 18.8 Å². The third-order valence-electron chi connectivity index (χ3n) is 3.36. The SMILES string of the molecule is COc1ccc(OCc2nc(C(=O)NCc3ccccn3)cs2)cc1. The first-order valence-corrected chi connectivity index (χ1v) is 8.52. The van der Waals surface area contributed by atoms with E-state index >= 15 is 0 Å². The minimum absolute atomic E-state index is 0.224. The second kappa shape index (κ2) is 8.25. The zero-order chi connectivity index (χ0) is 17.5. The fourth-order valence-electron chi connectivity index (χ4n) is 2.06. The number of aromatic nitrogens is 2. The molecule has 7 heteroatoms. The lowest BCUT2D eigenvalue weighted by molar-refractivity contribution is 0.0946. The molecule has 1 amide bonds. The van der Waals surface area contributed by atoms with Crippen LogP contribution in [0.15, 0.2) is 54.0 Å². The Bertz CT molecular complexity index is 819. The summed E-state index contributed by atoms with van der Waals surface area (Å²) in [6.07, 6.45) is 1.69. The van der Waals surface area contributed by atoms with Crippen LogP contribution in [0.4, 0.5) is 0 Å². The Labute approximate surface area is 149 Å². The van der Waals surface area contributed by atoms with Gasteiger partial charge in [-0.3, -0.25) is 9.78 Å². The van der Waals surface area contributed by atoms with Gasteiger partial charge in [-0.15, -0.1) is 11.3 Å². The molecule has 2 heterocycles. The van der Waals surface area contributed by atoms with Gasteiger partial charge < -0.3 is 14.8 Å². The number of thiazole rings is 1. The number of pyridine rings is 1. The van der Waals surface area contributed by atoms with Gasteiger partial charge in [0, 0.05) is 11.6 Å². The van der Waals surface area contributed by atoms with Crippen LogP contribution in [0.5, 0.6) is 11.5 Å². The van der Waals surface area contributed by atoms with Gasteiger partial charge in [-0.2, -0.15) is 0 Å². The van der Waals surface area contributed by atoms with E-state index in [1.807, 2.05) is 42.5 Å². The minimum atomic E-state index is -0.224. The average Bonchev–Trinajstić information content (AvgIpc) is 3.15. The summed E-state index contributed by atoms with van der Waals surface area (Å²) < 4.78 is 10.8. The normalized spacial score (nSPS) is 10.3. The molecule has 25 heavy (non-hydrogen) atoms. The molecule has 1 aromatic carbocycles. The standard InChI is InChI=1S/C18H17N3O3S/c1-23-14-5-7-15(8-6-14)24-11-17-21-16(12-25-17)18(22)20-10-13-4-2-3-9-19-13/h2-9,12H,10-11H2,1H3,(H,20,22). The van der Waals surface area contributed by atoms with Crippen molar-refractivity contribution in [3.8, 4) is 11.5 Å². The summed E-state index contributed by atoms with van der Waals surface area (Å²) in [5.74, 6) is 1.27. The largest absolute Gasteiger partial charge is 0.497 e. The molecule has 3 rings (SSSR count). The Hall–Kier alpha value is -2.93. The highest BCUT2D eigenvalue weighted by atomic mass is 32.1. The van der Waals surface area contributed by atoms with Crippen LogP contribution in [0.2, 0.25) is 0 Å². The molecule has 0 bridgehead atoms. The van der Waals surface area contributed by atoms with Crippen LogP contribution in [0.25, 0.3) is 0 Å².